The largest absolute Gasteiger partial charge is 0.455 e. The molecule has 0 fully saturated rings. The number of nitrogens with zero attached hydrogens (tertiary/aromatic N) is 5. The Labute approximate surface area is 292 Å². The van der Waals surface area contributed by atoms with E-state index in [0.29, 0.717) is 29.1 Å². The van der Waals surface area contributed by atoms with Gasteiger partial charge in [0.1, 0.15) is 16.7 Å². The predicted octanol–water partition coefficient (Wildman–Crippen LogP) is 11.3. The van der Waals surface area contributed by atoms with Crippen molar-refractivity contribution >= 4 is 54.8 Å². The quantitative estimate of drug-likeness (QED) is 0.187. The van der Waals surface area contributed by atoms with E-state index < -0.39 is 0 Å². The van der Waals surface area contributed by atoms with E-state index >= 15 is 0 Å². The standard InChI is InChI=1S/C44H31N5O2/c1-44(2,3)33-22-12-19-30-29-18-11-20-31(37(29)50-38(30)33)40-46-41(32-21-13-23-34-39(32)51-42(45-34)26-14-5-4-6-15-26)48-43(47-40)49-35-24-9-7-16-27(35)28-17-8-10-25-36(28)49/h4-25H,1-3H3. The zero-order chi connectivity index (χ0) is 34.3. The first kappa shape index (κ1) is 29.3. The molecule has 0 N–H and O–H groups in total. The molecule has 7 heteroatoms. The van der Waals surface area contributed by atoms with Crippen LogP contribution in [-0.2, 0) is 5.41 Å². The summed E-state index contributed by atoms with van der Waals surface area (Å²) in [6, 6.07) is 45.1. The van der Waals surface area contributed by atoms with Crippen LogP contribution in [0.25, 0.3) is 95.0 Å². The molecule has 10 aromatic rings. The van der Waals surface area contributed by atoms with Gasteiger partial charge in [-0.2, -0.15) is 9.97 Å². The fourth-order valence-electron chi connectivity index (χ4n) is 7.26. The smallest absolute Gasteiger partial charge is 0.238 e. The van der Waals surface area contributed by atoms with Crippen molar-refractivity contribution in [1.29, 1.82) is 0 Å². The van der Waals surface area contributed by atoms with Crippen molar-refractivity contribution in [1.82, 2.24) is 24.5 Å². The summed E-state index contributed by atoms with van der Waals surface area (Å²) in [4.78, 5) is 20.4. The number of hydrogen-bond acceptors (Lipinski definition) is 6. The van der Waals surface area contributed by atoms with Crippen LogP contribution in [0.3, 0.4) is 0 Å². The summed E-state index contributed by atoms with van der Waals surface area (Å²) in [6.07, 6.45) is 0. The maximum Gasteiger partial charge on any atom is 0.238 e. The second-order valence-corrected chi connectivity index (χ2v) is 13.9. The normalized spacial score (nSPS) is 12.2. The van der Waals surface area contributed by atoms with Crippen molar-refractivity contribution in [2.45, 2.75) is 26.2 Å². The fraction of sp³-hybridized carbons (Fsp3) is 0.0909. The molecular formula is C44H31N5O2. The molecule has 0 spiro atoms. The van der Waals surface area contributed by atoms with Crippen LogP contribution < -0.4 is 0 Å². The zero-order valence-corrected chi connectivity index (χ0v) is 28.3. The van der Waals surface area contributed by atoms with Gasteiger partial charge in [-0.1, -0.05) is 112 Å². The Hall–Kier alpha value is -6.60. The van der Waals surface area contributed by atoms with Gasteiger partial charge in [-0.05, 0) is 47.9 Å². The highest BCUT2D eigenvalue weighted by Gasteiger charge is 2.24. The van der Waals surface area contributed by atoms with E-state index in [1.54, 1.807) is 0 Å². The van der Waals surface area contributed by atoms with E-state index in [0.717, 1.165) is 71.5 Å². The number of oxazole rings is 1. The van der Waals surface area contributed by atoms with E-state index in [4.69, 9.17) is 28.8 Å². The van der Waals surface area contributed by atoms with E-state index in [1.165, 1.54) is 0 Å². The van der Waals surface area contributed by atoms with Crippen LogP contribution in [-0.4, -0.2) is 24.5 Å². The van der Waals surface area contributed by atoms with Crippen molar-refractivity contribution in [3.8, 4) is 40.2 Å². The zero-order valence-electron chi connectivity index (χ0n) is 28.3. The first-order chi connectivity index (χ1) is 24.9. The molecule has 0 unspecified atom stereocenters. The van der Waals surface area contributed by atoms with Gasteiger partial charge in [0.2, 0.25) is 11.8 Å². The summed E-state index contributed by atoms with van der Waals surface area (Å²) in [7, 11) is 0. The van der Waals surface area contributed by atoms with Gasteiger partial charge in [-0.25, -0.2) is 9.97 Å². The van der Waals surface area contributed by atoms with Gasteiger partial charge in [0.05, 0.1) is 22.2 Å². The van der Waals surface area contributed by atoms with Crippen molar-refractivity contribution in [3.05, 3.63) is 139 Å². The predicted molar refractivity (Wildman–Crippen MR) is 204 cm³/mol. The molecule has 0 saturated heterocycles. The number of hydrogen-bond donors (Lipinski definition) is 0. The number of para-hydroxylation sites is 5. The van der Waals surface area contributed by atoms with Crippen molar-refractivity contribution in [2.75, 3.05) is 0 Å². The van der Waals surface area contributed by atoms with E-state index in [1.807, 2.05) is 72.8 Å². The summed E-state index contributed by atoms with van der Waals surface area (Å²) < 4.78 is 15.4. The third kappa shape index (κ3) is 4.58. The molecular weight excluding hydrogens is 631 g/mol. The van der Waals surface area contributed by atoms with Gasteiger partial charge in [-0.15, -0.1) is 0 Å². The number of benzene rings is 6. The van der Waals surface area contributed by atoms with E-state index in [2.05, 4.69) is 86.0 Å². The highest BCUT2D eigenvalue weighted by molar-refractivity contribution is 6.11. The molecule has 244 valence electrons. The lowest BCUT2D eigenvalue weighted by Gasteiger charge is -2.18. The lowest BCUT2D eigenvalue weighted by molar-refractivity contribution is 0.573. The number of rotatable bonds is 4. The maximum atomic E-state index is 6.80. The SMILES string of the molecule is CC(C)(C)c1cccc2c1oc1c(-c3nc(-c4cccc5nc(-c6ccccc6)oc45)nc(-n4c5ccccc5c5ccccc54)n3)cccc12. The van der Waals surface area contributed by atoms with Gasteiger partial charge < -0.3 is 8.83 Å². The maximum absolute atomic E-state index is 6.80. The molecule has 0 aliphatic heterocycles. The Balaban J connectivity index is 1.28. The summed E-state index contributed by atoms with van der Waals surface area (Å²) >= 11 is 0. The van der Waals surface area contributed by atoms with Crippen LogP contribution in [0.2, 0.25) is 0 Å². The highest BCUT2D eigenvalue weighted by atomic mass is 16.3. The lowest BCUT2D eigenvalue weighted by Crippen LogP contribution is -2.10. The summed E-state index contributed by atoms with van der Waals surface area (Å²) in [5, 5.41) is 4.32. The molecule has 4 heterocycles. The average Bonchev–Trinajstić information content (AvgIpc) is 3.86. The Morgan fingerprint density at radius 3 is 1.73 bits per heavy atom. The molecule has 10 rings (SSSR count). The molecule has 0 saturated carbocycles. The van der Waals surface area contributed by atoms with Crippen molar-refractivity contribution in [2.24, 2.45) is 0 Å². The van der Waals surface area contributed by atoms with Crippen LogP contribution >= 0.6 is 0 Å². The molecule has 6 aromatic carbocycles. The number of aromatic nitrogens is 5. The monoisotopic (exact) mass is 661 g/mol. The second kappa shape index (κ2) is 11.0. The molecule has 0 aliphatic rings. The fourth-order valence-corrected chi connectivity index (χ4v) is 7.26. The highest BCUT2D eigenvalue weighted by Crippen LogP contribution is 2.41. The van der Waals surface area contributed by atoms with E-state index in [-0.39, 0.29) is 5.41 Å². The molecule has 0 aliphatic carbocycles. The molecule has 0 bridgehead atoms. The average molecular weight is 662 g/mol. The van der Waals surface area contributed by atoms with Crippen LogP contribution in [0.1, 0.15) is 26.3 Å². The molecule has 0 radical (unpaired) electrons. The first-order valence-electron chi connectivity index (χ1n) is 17.1. The van der Waals surface area contributed by atoms with Gasteiger partial charge in [-0.3, -0.25) is 4.57 Å². The minimum atomic E-state index is -0.105. The molecule has 0 amide bonds. The number of furan rings is 1. The van der Waals surface area contributed by atoms with Crippen molar-refractivity contribution < 1.29 is 8.83 Å². The summed E-state index contributed by atoms with van der Waals surface area (Å²) in [5.41, 5.74) is 8.40. The van der Waals surface area contributed by atoms with E-state index in [9.17, 15) is 0 Å². The van der Waals surface area contributed by atoms with Crippen LogP contribution in [0.4, 0.5) is 0 Å². The van der Waals surface area contributed by atoms with Gasteiger partial charge in [0, 0.05) is 32.7 Å². The van der Waals surface area contributed by atoms with Crippen molar-refractivity contribution in [3.63, 3.8) is 0 Å². The Kier molecular flexibility index (Phi) is 6.30. The summed E-state index contributed by atoms with van der Waals surface area (Å²) in [5.74, 6) is 2.01. The summed E-state index contributed by atoms with van der Waals surface area (Å²) in [6.45, 7) is 6.62. The number of fused-ring (bicyclic) bond motifs is 7. The first-order valence-corrected chi connectivity index (χ1v) is 17.1. The Morgan fingerprint density at radius 2 is 1.04 bits per heavy atom. The molecule has 4 aromatic heterocycles. The minimum Gasteiger partial charge on any atom is -0.455 e. The molecule has 51 heavy (non-hydrogen) atoms. The molecule has 0 atom stereocenters. The van der Waals surface area contributed by atoms with Gasteiger partial charge in [0.15, 0.2) is 17.2 Å². The Morgan fingerprint density at radius 1 is 0.471 bits per heavy atom. The van der Waals surface area contributed by atoms with Gasteiger partial charge >= 0.3 is 0 Å². The second-order valence-electron chi connectivity index (χ2n) is 13.9. The third-order valence-corrected chi connectivity index (χ3v) is 9.65. The molecule has 7 nitrogen and oxygen atoms in total. The van der Waals surface area contributed by atoms with Gasteiger partial charge in [0.25, 0.3) is 0 Å². The van der Waals surface area contributed by atoms with Crippen LogP contribution in [0.5, 0.6) is 0 Å². The van der Waals surface area contributed by atoms with Crippen LogP contribution in [0, 0.1) is 0 Å². The topological polar surface area (TPSA) is 82.8 Å². The van der Waals surface area contributed by atoms with Crippen LogP contribution in [0.15, 0.2) is 142 Å². The minimum absolute atomic E-state index is 0.105. The third-order valence-electron chi connectivity index (χ3n) is 9.65. The Bertz CT molecular complexity index is 2910. The lowest BCUT2D eigenvalue weighted by atomic mass is 9.86.